The first kappa shape index (κ1) is 20.3. The van der Waals surface area contributed by atoms with Crippen molar-refractivity contribution in [2.45, 2.75) is 46.1 Å². The lowest BCUT2D eigenvalue weighted by molar-refractivity contribution is 0.0697. The van der Waals surface area contributed by atoms with Gasteiger partial charge in [0.2, 0.25) is 5.82 Å². The molecule has 5 heteroatoms. The van der Waals surface area contributed by atoms with Gasteiger partial charge in [0.25, 0.3) is 0 Å². The Morgan fingerprint density at radius 3 is 2.52 bits per heavy atom. The minimum Gasteiger partial charge on any atom is -0.478 e. The number of benzene rings is 2. The van der Waals surface area contributed by atoms with Gasteiger partial charge in [-0.05, 0) is 35.1 Å². The largest absolute Gasteiger partial charge is 0.478 e. The normalized spacial score (nSPS) is 11.6. The summed E-state index contributed by atoms with van der Waals surface area (Å²) in [6.45, 7) is 6.82. The summed E-state index contributed by atoms with van der Waals surface area (Å²) in [7, 11) is 0. The average molecular weight is 387 g/mol. The molecule has 0 aliphatic carbocycles. The second-order valence-corrected chi connectivity index (χ2v) is 6.96. The number of aromatic carboxylic acids is 1. The molecule has 0 saturated heterocycles. The number of carboxylic acids is 1. The lowest BCUT2D eigenvalue weighted by Crippen LogP contribution is -2.05. The highest BCUT2D eigenvalue weighted by atomic mass is 16.4. The Bertz CT molecular complexity index is 1060. The van der Waals surface area contributed by atoms with E-state index < -0.39 is 5.97 Å². The summed E-state index contributed by atoms with van der Waals surface area (Å²) < 4.78 is 1.85. The predicted octanol–water partition coefficient (Wildman–Crippen LogP) is 4.97. The molecule has 0 aliphatic rings. The Balaban J connectivity index is 1.89. The third kappa shape index (κ3) is 4.72. The molecule has 0 fully saturated rings. The van der Waals surface area contributed by atoms with Crippen LogP contribution in [0.4, 0.5) is 0 Å². The first-order chi connectivity index (χ1) is 14.0. The van der Waals surface area contributed by atoms with E-state index in [1.165, 1.54) is 0 Å². The van der Waals surface area contributed by atoms with Crippen molar-refractivity contribution in [1.29, 1.82) is 0 Å². The maximum atomic E-state index is 11.5. The van der Waals surface area contributed by atoms with Crippen molar-refractivity contribution in [3.63, 3.8) is 0 Å². The van der Waals surface area contributed by atoms with E-state index >= 15 is 0 Å². The highest BCUT2D eigenvalue weighted by Gasteiger charge is 2.14. The molecule has 0 bridgehead atoms. The Morgan fingerprint density at radius 2 is 1.86 bits per heavy atom. The van der Waals surface area contributed by atoms with Gasteiger partial charge in [0.05, 0.1) is 12.1 Å². The van der Waals surface area contributed by atoms with Gasteiger partial charge in [-0.3, -0.25) is 0 Å². The number of nitrogens with zero attached hydrogens (tertiary/aromatic N) is 3. The fraction of sp³-hybridized carbons (Fsp3) is 0.292. The zero-order chi connectivity index (χ0) is 20.8. The maximum Gasteiger partial charge on any atom is 0.336 e. The van der Waals surface area contributed by atoms with Crippen LogP contribution in [-0.4, -0.2) is 25.8 Å². The van der Waals surface area contributed by atoms with Crippen LogP contribution in [0.25, 0.3) is 11.1 Å². The zero-order valence-corrected chi connectivity index (χ0v) is 17.0. The van der Waals surface area contributed by atoms with Gasteiger partial charge in [0.1, 0.15) is 0 Å². The molecule has 1 N–H and O–H groups in total. The van der Waals surface area contributed by atoms with Crippen molar-refractivity contribution >= 4 is 5.97 Å². The smallest absolute Gasteiger partial charge is 0.336 e. The van der Waals surface area contributed by atoms with Crippen molar-refractivity contribution in [2.24, 2.45) is 0 Å². The highest BCUT2D eigenvalue weighted by Crippen LogP contribution is 2.24. The standard InChI is InChI=1S/C24H25N3O2/c1-4-6-11-22-25-23(17(3)5-2)26-27(22)16-18-12-14-19(15-13-18)20-9-7-8-10-21(20)24(28)29/h7-10,12-15,17H,4-5,16H2,1-3H3,(H,28,29). The number of aromatic nitrogens is 3. The number of hydrogen-bond donors (Lipinski definition) is 1. The zero-order valence-electron chi connectivity index (χ0n) is 17.0. The number of rotatable bonds is 6. The molecule has 5 nitrogen and oxygen atoms in total. The summed E-state index contributed by atoms with van der Waals surface area (Å²) in [6.07, 6.45) is 1.74. The first-order valence-corrected chi connectivity index (χ1v) is 9.88. The SMILES string of the molecule is CCC#Cc1nc(C(C)CC)nn1Cc1ccc(-c2ccccc2C(=O)O)cc1. The molecular weight excluding hydrogens is 362 g/mol. The van der Waals surface area contributed by atoms with Crippen LogP contribution in [0.15, 0.2) is 48.5 Å². The monoisotopic (exact) mass is 387 g/mol. The molecule has 0 amide bonds. The summed E-state index contributed by atoms with van der Waals surface area (Å²) in [4.78, 5) is 16.1. The molecule has 2 aromatic carbocycles. The Kier molecular flexibility index (Phi) is 6.46. The number of hydrogen-bond acceptors (Lipinski definition) is 3. The fourth-order valence-corrected chi connectivity index (χ4v) is 3.01. The Hall–Kier alpha value is -3.39. The molecule has 3 aromatic rings. The van der Waals surface area contributed by atoms with Crippen LogP contribution >= 0.6 is 0 Å². The molecule has 0 spiro atoms. The summed E-state index contributed by atoms with van der Waals surface area (Å²) in [6, 6.07) is 14.9. The molecule has 29 heavy (non-hydrogen) atoms. The van der Waals surface area contributed by atoms with Crippen LogP contribution in [0.5, 0.6) is 0 Å². The molecule has 0 aliphatic heterocycles. The third-order valence-corrected chi connectivity index (χ3v) is 4.87. The first-order valence-electron chi connectivity index (χ1n) is 9.88. The molecule has 148 valence electrons. The van der Waals surface area contributed by atoms with Gasteiger partial charge in [-0.2, -0.15) is 5.10 Å². The Morgan fingerprint density at radius 1 is 1.14 bits per heavy atom. The lowest BCUT2D eigenvalue weighted by atomic mass is 9.99. The van der Waals surface area contributed by atoms with Crippen molar-refractivity contribution in [1.82, 2.24) is 14.8 Å². The van der Waals surface area contributed by atoms with E-state index in [0.717, 1.165) is 29.8 Å². The molecule has 3 rings (SSSR count). The van der Waals surface area contributed by atoms with Crippen molar-refractivity contribution in [3.05, 3.63) is 71.3 Å². The van der Waals surface area contributed by atoms with Gasteiger partial charge in [-0.15, -0.1) is 0 Å². The van der Waals surface area contributed by atoms with E-state index in [-0.39, 0.29) is 5.92 Å². The van der Waals surface area contributed by atoms with Crippen LogP contribution in [-0.2, 0) is 6.54 Å². The second-order valence-electron chi connectivity index (χ2n) is 6.96. The van der Waals surface area contributed by atoms with Gasteiger partial charge in [-0.25, -0.2) is 14.5 Å². The van der Waals surface area contributed by atoms with Crippen molar-refractivity contribution in [2.75, 3.05) is 0 Å². The number of carboxylic acid groups (broad SMARTS) is 1. The maximum absolute atomic E-state index is 11.5. The molecule has 1 heterocycles. The third-order valence-electron chi connectivity index (χ3n) is 4.87. The van der Waals surface area contributed by atoms with E-state index in [2.05, 4.69) is 35.8 Å². The van der Waals surface area contributed by atoms with E-state index in [9.17, 15) is 9.90 Å². The quantitative estimate of drug-likeness (QED) is 0.607. The fourth-order valence-electron chi connectivity index (χ4n) is 3.01. The van der Waals surface area contributed by atoms with Crippen LogP contribution in [0.3, 0.4) is 0 Å². The summed E-state index contributed by atoms with van der Waals surface area (Å²) in [5, 5.41) is 14.1. The van der Waals surface area contributed by atoms with E-state index in [1.807, 2.05) is 48.0 Å². The molecule has 1 aromatic heterocycles. The topological polar surface area (TPSA) is 68.0 Å². The van der Waals surface area contributed by atoms with Crippen molar-refractivity contribution in [3.8, 4) is 23.0 Å². The molecule has 0 saturated carbocycles. The number of carbonyl (C=O) groups is 1. The molecule has 1 atom stereocenters. The van der Waals surface area contributed by atoms with Crippen LogP contribution in [0, 0.1) is 11.8 Å². The Labute approximate surface area is 171 Å². The highest BCUT2D eigenvalue weighted by molar-refractivity contribution is 5.95. The van der Waals surface area contributed by atoms with E-state index in [1.54, 1.807) is 12.1 Å². The summed E-state index contributed by atoms with van der Waals surface area (Å²) in [5.74, 6) is 7.05. The van der Waals surface area contributed by atoms with Gasteiger partial charge in [-0.1, -0.05) is 69.2 Å². The van der Waals surface area contributed by atoms with Gasteiger partial charge in [0.15, 0.2) is 5.82 Å². The van der Waals surface area contributed by atoms with E-state index in [0.29, 0.717) is 23.5 Å². The van der Waals surface area contributed by atoms with Crippen molar-refractivity contribution < 1.29 is 9.90 Å². The molecular formula is C24H25N3O2. The minimum absolute atomic E-state index is 0.285. The average Bonchev–Trinajstić information content (AvgIpc) is 3.14. The summed E-state index contributed by atoms with van der Waals surface area (Å²) >= 11 is 0. The molecule has 1 unspecified atom stereocenters. The lowest BCUT2D eigenvalue weighted by Gasteiger charge is -2.08. The second kappa shape index (κ2) is 9.20. The van der Waals surface area contributed by atoms with Gasteiger partial charge >= 0.3 is 5.97 Å². The van der Waals surface area contributed by atoms with Gasteiger partial charge < -0.3 is 5.11 Å². The van der Waals surface area contributed by atoms with Gasteiger partial charge in [0, 0.05) is 12.3 Å². The minimum atomic E-state index is -0.927. The van der Waals surface area contributed by atoms with Crippen LogP contribution in [0.1, 0.15) is 67.1 Å². The predicted molar refractivity (Wildman–Crippen MR) is 114 cm³/mol. The van der Waals surface area contributed by atoms with Crippen LogP contribution < -0.4 is 0 Å². The molecule has 0 radical (unpaired) electrons. The summed E-state index contributed by atoms with van der Waals surface area (Å²) in [5.41, 5.74) is 2.94. The van der Waals surface area contributed by atoms with Crippen LogP contribution in [0.2, 0.25) is 0 Å². The van der Waals surface area contributed by atoms with E-state index in [4.69, 9.17) is 0 Å².